The van der Waals surface area contributed by atoms with Crippen LogP contribution in [0, 0.1) is 0 Å². The van der Waals surface area contributed by atoms with Gasteiger partial charge in [0.25, 0.3) is 0 Å². The molecule has 0 amide bonds. The SMILES string of the molecule is COCCNCCC(C)(O)Cc1cn(C)nn1. The normalized spacial score (nSPS) is 14.8. The van der Waals surface area contributed by atoms with Gasteiger partial charge in [0.05, 0.1) is 17.9 Å². The molecule has 1 rings (SSSR count). The Hall–Kier alpha value is -0.980. The summed E-state index contributed by atoms with van der Waals surface area (Å²) in [5.74, 6) is 0. The van der Waals surface area contributed by atoms with Crippen LogP contribution in [0.4, 0.5) is 0 Å². The Morgan fingerprint density at radius 1 is 1.53 bits per heavy atom. The second kappa shape index (κ2) is 6.68. The summed E-state index contributed by atoms with van der Waals surface area (Å²) in [7, 11) is 3.49. The molecule has 1 unspecified atom stereocenters. The highest BCUT2D eigenvalue weighted by Gasteiger charge is 2.21. The first-order chi connectivity index (χ1) is 8.03. The summed E-state index contributed by atoms with van der Waals surface area (Å²) < 4.78 is 6.57. The Kier molecular flexibility index (Phi) is 5.54. The summed E-state index contributed by atoms with van der Waals surface area (Å²) in [6.07, 6.45) is 3.02. The minimum atomic E-state index is -0.754. The van der Waals surface area contributed by atoms with Gasteiger partial charge in [0.2, 0.25) is 0 Å². The van der Waals surface area contributed by atoms with E-state index in [1.54, 1.807) is 11.8 Å². The summed E-state index contributed by atoms with van der Waals surface area (Å²) in [6.45, 7) is 4.07. The maximum absolute atomic E-state index is 10.2. The number of rotatable bonds is 8. The third-order valence-electron chi connectivity index (χ3n) is 2.54. The van der Waals surface area contributed by atoms with Crippen LogP contribution in [0.25, 0.3) is 0 Å². The van der Waals surface area contributed by atoms with E-state index in [-0.39, 0.29) is 0 Å². The molecule has 6 nitrogen and oxygen atoms in total. The Labute approximate surface area is 102 Å². The van der Waals surface area contributed by atoms with Crippen molar-refractivity contribution in [1.82, 2.24) is 20.3 Å². The fourth-order valence-electron chi connectivity index (χ4n) is 1.61. The number of hydrogen-bond acceptors (Lipinski definition) is 5. The van der Waals surface area contributed by atoms with Crippen molar-refractivity contribution in [2.24, 2.45) is 7.05 Å². The zero-order valence-corrected chi connectivity index (χ0v) is 10.8. The topological polar surface area (TPSA) is 72.2 Å². The fourth-order valence-corrected chi connectivity index (χ4v) is 1.61. The number of ether oxygens (including phenoxy) is 1. The van der Waals surface area contributed by atoms with Gasteiger partial charge in [-0.25, -0.2) is 0 Å². The standard InChI is InChI=1S/C11H22N4O2/c1-11(16,4-5-12-6-7-17-3)8-10-9-15(2)14-13-10/h9,12,16H,4-8H2,1-3H3. The molecule has 0 saturated carbocycles. The highest BCUT2D eigenvalue weighted by molar-refractivity contribution is 4.98. The highest BCUT2D eigenvalue weighted by atomic mass is 16.5. The van der Waals surface area contributed by atoms with Crippen LogP contribution in [-0.4, -0.2) is 52.5 Å². The molecule has 0 saturated heterocycles. The third kappa shape index (κ3) is 5.76. The molecule has 0 aliphatic heterocycles. The number of aliphatic hydroxyl groups is 1. The third-order valence-corrected chi connectivity index (χ3v) is 2.54. The molecule has 1 aromatic rings. The van der Waals surface area contributed by atoms with Gasteiger partial charge >= 0.3 is 0 Å². The number of hydrogen-bond donors (Lipinski definition) is 2. The summed E-state index contributed by atoms with van der Waals surface area (Å²) in [5, 5.41) is 21.2. The number of nitrogens with zero attached hydrogens (tertiary/aromatic N) is 3. The smallest absolute Gasteiger partial charge is 0.0855 e. The zero-order valence-electron chi connectivity index (χ0n) is 10.8. The van der Waals surface area contributed by atoms with Gasteiger partial charge in [-0.3, -0.25) is 4.68 Å². The molecule has 0 bridgehead atoms. The van der Waals surface area contributed by atoms with E-state index in [9.17, 15) is 5.11 Å². The van der Waals surface area contributed by atoms with E-state index in [0.29, 0.717) is 19.4 Å². The molecule has 0 aliphatic rings. The van der Waals surface area contributed by atoms with Crippen molar-refractivity contribution >= 4 is 0 Å². The van der Waals surface area contributed by atoms with E-state index >= 15 is 0 Å². The van der Waals surface area contributed by atoms with Gasteiger partial charge in [0.1, 0.15) is 0 Å². The van der Waals surface area contributed by atoms with Crippen LogP contribution < -0.4 is 5.32 Å². The van der Waals surface area contributed by atoms with Gasteiger partial charge in [-0.1, -0.05) is 5.21 Å². The number of aromatic nitrogens is 3. The summed E-state index contributed by atoms with van der Waals surface area (Å²) in [6, 6.07) is 0. The molecule has 0 aliphatic carbocycles. The first-order valence-electron chi connectivity index (χ1n) is 5.81. The van der Waals surface area contributed by atoms with Gasteiger partial charge in [-0.2, -0.15) is 0 Å². The summed E-state index contributed by atoms with van der Waals surface area (Å²) in [5.41, 5.74) is 0.0604. The van der Waals surface area contributed by atoms with Gasteiger partial charge in [-0.15, -0.1) is 5.10 Å². The van der Waals surface area contributed by atoms with Crippen molar-refractivity contribution in [2.45, 2.75) is 25.4 Å². The lowest BCUT2D eigenvalue weighted by molar-refractivity contribution is 0.0500. The molecule has 1 atom stereocenters. The van der Waals surface area contributed by atoms with Crippen molar-refractivity contribution in [3.63, 3.8) is 0 Å². The summed E-state index contributed by atoms with van der Waals surface area (Å²) >= 11 is 0. The Morgan fingerprint density at radius 3 is 2.88 bits per heavy atom. The average molecular weight is 242 g/mol. The molecule has 0 fully saturated rings. The second-order valence-corrected chi connectivity index (χ2v) is 4.55. The molecule has 0 radical (unpaired) electrons. The van der Waals surface area contributed by atoms with Gasteiger partial charge in [-0.05, 0) is 19.9 Å². The van der Waals surface area contributed by atoms with Gasteiger partial charge < -0.3 is 15.2 Å². The lowest BCUT2D eigenvalue weighted by atomic mass is 9.96. The number of nitrogens with one attached hydrogen (secondary N) is 1. The van der Waals surface area contributed by atoms with Crippen molar-refractivity contribution in [3.8, 4) is 0 Å². The lowest BCUT2D eigenvalue weighted by Gasteiger charge is -2.22. The van der Waals surface area contributed by atoms with E-state index in [2.05, 4.69) is 15.6 Å². The first kappa shape index (κ1) is 14.1. The second-order valence-electron chi connectivity index (χ2n) is 4.55. The molecule has 98 valence electrons. The fraction of sp³-hybridized carbons (Fsp3) is 0.818. The predicted octanol–water partition coefficient (Wildman–Crippen LogP) is -0.265. The Morgan fingerprint density at radius 2 is 2.29 bits per heavy atom. The monoisotopic (exact) mass is 242 g/mol. The van der Waals surface area contributed by atoms with Gasteiger partial charge in [0, 0.05) is 33.3 Å². The van der Waals surface area contributed by atoms with E-state index in [1.165, 1.54) is 0 Å². The Balaban J connectivity index is 2.25. The van der Waals surface area contributed by atoms with Crippen molar-refractivity contribution in [3.05, 3.63) is 11.9 Å². The molecule has 6 heteroatoms. The quantitative estimate of drug-likeness (QED) is 0.614. The number of aryl methyl sites for hydroxylation is 1. The van der Waals surface area contributed by atoms with E-state index in [1.807, 2.05) is 20.2 Å². The largest absolute Gasteiger partial charge is 0.390 e. The minimum Gasteiger partial charge on any atom is -0.390 e. The van der Waals surface area contributed by atoms with Crippen LogP contribution in [0.15, 0.2) is 6.20 Å². The van der Waals surface area contributed by atoms with E-state index in [4.69, 9.17) is 4.74 Å². The molecular weight excluding hydrogens is 220 g/mol. The maximum atomic E-state index is 10.2. The van der Waals surface area contributed by atoms with Crippen LogP contribution >= 0.6 is 0 Å². The van der Waals surface area contributed by atoms with E-state index < -0.39 is 5.60 Å². The minimum absolute atomic E-state index is 0.521. The van der Waals surface area contributed by atoms with Crippen molar-refractivity contribution in [2.75, 3.05) is 26.8 Å². The van der Waals surface area contributed by atoms with Crippen LogP contribution in [0.3, 0.4) is 0 Å². The van der Waals surface area contributed by atoms with Crippen LogP contribution in [-0.2, 0) is 18.2 Å². The molecule has 1 heterocycles. The molecule has 2 N–H and O–H groups in total. The van der Waals surface area contributed by atoms with E-state index in [0.717, 1.165) is 18.8 Å². The maximum Gasteiger partial charge on any atom is 0.0855 e. The Bertz CT molecular complexity index is 325. The predicted molar refractivity (Wildman–Crippen MR) is 64.7 cm³/mol. The zero-order chi connectivity index (χ0) is 12.7. The summed E-state index contributed by atoms with van der Waals surface area (Å²) in [4.78, 5) is 0. The van der Waals surface area contributed by atoms with Crippen LogP contribution in [0.5, 0.6) is 0 Å². The average Bonchev–Trinajstić information content (AvgIpc) is 2.62. The molecule has 0 spiro atoms. The van der Waals surface area contributed by atoms with Crippen molar-refractivity contribution in [1.29, 1.82) is 0 Å². The van der Waals surface area contributed by atoms with Gasteiger partial charge in [0.15, 0.2) is 0 Å². The van der Waals surface area contributed by atoms with Crippen LogP contribution in [0.2, 0.25) is 0 Å². The lowest BCUT2D eigenvalue weighted by Crippen LogP contribution is -2.33. The molecule has 1 aromatic heterocycles. The molecular formula is C11H22N4O2. The molecule has 17 heavy (non-hydrogen) atoms. The van der Waals surface area contributed by atoms with Crippen LogP contribution in [0.1, 0.15) is 19.0 Å². The van der Waals surface area contributed by atoms with Crippen molar-refractivity contribution < 1.29 is 9.84 Å². The highest BCUT2D eigenvalue weighted by Crippen LogP contribution is 2.14. The first-order valence-corrected chi connectivity index (χ1v) is 5.81. The molecule has 0 aromatic carbocycles. The number of methoxy groups -OCH3 is 1.